The van der Waals surface area contributed by atoms with E-state index in [9.17, 15) is 4.79 Å². The zero-order valence-electron chi connectivity index (χ0n) is 21.1. The average molecular weight is 470 g/mol. The predicted octanol–water partition coefficient (Wildman–Crippen LogP) is 5.27. The van der Waals surface area contributed by atoms with Gasteiger partial charge in [-0.15, -0.1) is 0 Å². The first kappa shape index (κ1) is 24.1. The number of aryl methyl sites for hydroxylation is 5. The van der Waals surface area contributed by atoms with Crippen LogP contribution in [0, 0.1) is 41.5 Å². The van der Waals surface area contributed by atoms with Gasteiger partial charge in [-0.25, -0.2) is 14.6 Å². The van der Waals surface area contributed by atoms with E-state index in [2.05, 4.69) is 39.4 Å². The second-order valence-electron chi connectivity index (χ2n) is 8.99. The number of carbonyl (C=O) groups is 1. The Hall–Kier alpha value is -4.00. The Morgan fingerprint density at radius 1 is 0.943 bits per heavy atom. The monoisotopic (exact) mass is 469 g/mol. The Balaban J connectivity index is 1.43. The molecule has 0 aliphatic heterocycles. The van der Waals surface area contributed by atoms with Crippen LogP contribution >= 0.6 is 0 Å². The van der Waals surface area contributed by atoms with Crippen molar-refractivity contribution in [1.82, 2.24) is 19.7 Å². The highest BCUT2D eigenvalue weighted by Gasteiger charge is 2.18. The van der Waals surface area contributed by atoms with Crippen molar-refractivity contribution in [2.24, 2.45) is 0 Å². The number of benzene rings is 2. The molecule has 2 heterocycles. The summed E-state index contributed by atoms with van der Waals surface area (Å²) in [6, 6.07) is 15.9. The number of amides is 1. The second-order valence-corrected chi connectivity index (χ2v) is 8.99. The molecule has 1 amide bonds. The summed E-state index contributed by atoms with van der Waals surface area (Å²) < 4.78 is 7.65. The molecule has 0 saturated carbocycles. The number of nitrogens with one attached hydrogen (secondary N) is 1. The van der Waals surface area contributed by atoms with Crippen LogP contribution in [0.2, 0.25) is 0 Å². The van der Waals surface area contributed by atoms with Gasteiger partial charge in [0.2, 0.25) is 5.91 Å². The minimum atomic E-state index is -0.103. The number of carbonyl (C=O) groups excluding carboxylic acids is 1. The number of ether oxygens (including phenoxy) is 1. The first-order valence-electron chi connectivity index (χ1n) is 11.7. The van der Waals surface area contributed by atoms with Gasteiger partial charge >= 0.3 is 0 Å². The first-order valence-corrected chi connectivity index (χ1v) is 11.7. The number of anilines is 1. The van der Waals surface area contributed by atoms with Crippen molar-refractivity contribution in [2.75, 3.05) is 5.32 Å². The van der Waals surface area contributed by atoms with Crippen molar-refractivity contribution in [1.29, 1.82) is 0 Å². The molecule has 0 radical (unpaired) electrons. The third-order valence-corrected chi connectivity index (χ3v) is 5.90. The molecule has 4 rings (SSSR count). The molecule has 7 heteroatoms. The van der Waals surface area contributed by atoms with E-state index in [1.54, 1.807) is 4.68 Å². The number of aromatic nitrogens is 4. The van der Waals surface area contributed by atoms with Gasteiger partial charge in [-0.2, -0.15) is 5.10 Å². The Kier molecular flexibility index (Phi) is 6.96. The quantitative estimate of drug-likeness (QED) is 0.399. The van der Waals surface area contributed by atoms with E-state index in [1.165, 1.54) is 5.56 Å². The normalized spacial score (nSPS) is 10.9. The fourth-order valence-corrected chi connectivity index (χ4v) is 4.12. The smallest absolute Gasteiger partial charge is 0.251 e. The van der Waals surface area contributed by atoms with Gasteiger partial charge in [-0.1, -0.05) is 29.8 Å². The van der Waals surface area contributed by atoms with Crippen LogP contribution in [0.15, 0.2) is 48.5 Å². The zero-order valence-corrected chi connectivity index (χ0v) is 21.1. The summed E-state index contributed by atoms with van der Waals surface area (Å²) in [5.74, 6) is 1.18. The molecule has 2 aromatic carbocycles. The predicted molar refractivity (Wildman–Crippen MR) is 137 cm³/mol. The van der Waals surface area contributed by atoms with Crippen LogP contribution in [-0.2, 0) is 17.8 Å². The molecule has 0 unspecified atom stereocenters. The summed E-state index contributed by atoms with van der Waals surface area (Å²) in [5.41, 5.74) is 8.31. The topological polar surface area (TPSA) is 81.9 Å². The van der Waals surface area contributed by atoms with Crippen LogP contribution in [-0.4, -0.2) is 25.7 Å². The van der Waals surface area contributed by atoms with Crippen LogP contribution in [0.5, 0.6) is 5.75 Å². The van der Waals surface area contributed by atoms with Crippen molar-refractivity contribution >= 4 is 11.6 Å². The van der Waals surface area contributed by atoms with Crippen molar-refractivity contribution in [3.63, 3.8) is 0 Å². The minimum Gasteiger partial charge on any atom is -0.489 e. The first-order chi connectivity index (χ1) is 16.7. The lowest BCUT2D eigenvalue weighted by molar-refractivity contribution is -0.115. The summed E-state index contributed by atoms with van der Waals surface area (Å²) in [6.07, 6.45) is 0.216. The average Bonchev–Trinajstić information content (AvgIpc) is 3.07. The molecular formula is C28H31N5O2. The van der Waals surface area contributed by atoms with Crippen molar-refractivity contribution in [3.8, 4) is 11.7 Å². The second kappa shape index (κ2) is 10.1. The maximum Gasteiger partial charge on any atom is 0.251 e. The summed E-state index contributed by atoms with van der Waals surface area (Å²) in [4.78, 5) is 21.9. The molecule has 0 bridgehead atoms. The van der Waals surface area contributed by atoms with Gasteiger partial charge in [0.25, 0.3) is 5.95 Å². The standard InChI is InChI=1S/C28H31N5O2/c1-17-8-7-9-23(12-17)16-35-24-10-11-26(18(2)13-24)31-27(34)15-25-21(5)32-33(22(25)6)28-29-19(3)14-20(4)30-28/h7-14H,15-16H2,1-6H3,(H,31,34). The molecule has 35 heavy (non-hydrogen) atoms. The summed E-state index contributed by atoms with van der Waals surface area (Å²) in [7, 11) is 0. The molecule has 0 fully saturated rings. The van der Waals surface area contributed by atoms with Crippen LogP contribution in [0.4, 0.5) is 5.69 Å². The largest absolute Gasteiger partial charge is 0.489 e. The van der Waals surface area contributed by atoms with Crippen molar-refractivity contribution in [2.45, 2.75) is 54.6 Å². The maximum atomic E-state index is 12.9. The molecule has 0 atom stereocenters. The molecule has 180 valence electrons. The van der Waals surface area contributed by atoms with Crippen LogP contribution in [0.1, 0.15) is 45.0 Å². The van der Waals surface area contributed by atoms with Crippen LogP contribution < -0.4 is 10.1 Å². The van der Waals surface area contributed by atoms with E-state index in [4.69, 9.17) is 4.74 Å². The number of rotatable bonds is 7. The fourth-order valence-electron chi connectivity index (χ4n) is 4.12. The van der Waals surface area contributed by atoms with Gasteiger partial charge in [0.1, 0.15) is 12.4 Å². The molecule has 4 aromatic rings. The van der Waals surface area contributed by atoms with Gasteiger partial charge in [0, 0.05) is 28.3 Å². The summed E-state index contributed by atoms with van der Waals surface area (Å²) >= 11 is 0. The lowest BCUT2D eigenvalue weighted by Crippen LogP contribution is -2.16. The third-order valence-electron chi connectivity index (χ3n) is 5.90. The van der Waals surface area contributed by atoms with Gasteiger partial charge < -0.3 is 10.1 Å². The fraction of sp³-hybridized carbons (Fsp3) is 0.286. The van der Waals surface area contributed by atoms with E-state index in [0.29, 0.717) is 12.6 Å². The van der Waals surface area contributed by atoms with E-state index >= 15 is 0 Å². The Bertz CT molecular complexity index is 1370. The third kappa shape index (κ3) is 5.74. The Labute approximate surface area is 206 Å². The highest BCUT2D eigenvalue weighted by molar-refractivity contribution is 5.93. The maximum absolute atomic E-state index is 12.9. The van der Waals surface area contributed by atoms with Gasteiger partial charge in [-0.3, -0.25) is 4.79 Å². The Morgan fingerprint density at radius 2 is 1.69 bits per heavy atom. The summed E-state index contributed by atoms with van der Waals surface area (Å²) in [5, 5.41) is 7.62. The zero-order chi connectivity index (χ0) is 25.1. The molecule has 2 aromatic heterocycles. The number of hydrogen-bond donors (Lipinski definition) is 1. The van der Waals surface area contributed by atoms with Crippen molar-refractivity contribution < 1.29 is 9.53 Å². The highest BCUT2D eigenvalue weighted by atomic mass is 16.5. The highest BCUT2D eigenvalue weighted by Crippen LogP contribution is 2.23. The molecular weight excluding hydrogens is 438 g/mol. The van der Waals surface area contributed by atoms with Gasteiger partial charge in [0.05, 0.1) is 12.1 Å². The lowest BCUT2D eigenvalue weighted by atomic mass is 10.1. The SMILES string of the molecule is Cc1cccc(COc2ccc(NC(=O)Cc3c(C)nn(-c4nc(C)cc(C)n4)c3C)c(C)c2)c1. The molecule has 1 N–H and O–H groups in total. The molecule has 0 saturated heterocycles. The number of nitrogens with zero attached hydrogens (tertiary/aromatic N) is 4. The van der Waals surface area contributed by atoms with Gasteiger partial charge in [-0.05, 0) is 76.9 Å². The van der Waals surface area contributed by atoms with Crippen molar-refractivity contribution in [3.05, 3.63) is 93.6 Å². The van der Waals surface area contributed by atoms with E-state index in [-0.39, 0.29) is 12.3 Å². The van der Waals surface area contributed by atoms with Crippen LogP contribution in [0.25, 0.3) is 5.95 Å². The van der Waals surface area contributed by atoms with Crippen LogP contribution in [0.3, 0.4) is 0 Å². The van der Waals surface area contributed by atoms with Gasteiger partial charge in [0.15, 0.2) is 0 Å². The van der Waals surface area contributed by atoms with E-state index < -0.39 is 0 Å². The van der Waals surface area contributed by atoms with E-state index in [0.717, 1.165) is 50.9 Å². The summed E-state index contributed by atoms with van der Waals surface area (Å²) in [6.45, 7) is 12.2. The Morgan fingerprint density at radius 3 is 2.37 bits per heavy atom. The number of hydrogen-bond acceptors (Lipinski definition) is 5. The molecule has 0 aliphatic rings. The molecule has 7 nitrogen and oxygen atoms in total. The molecule has 0 aliphatic carbocycles. The lowest BCUT2D eigenvalue weighted by Gasteiger charge is -2.12. The van der Waals surface area contributed by atoms with E-state index in [1.807, 2.05) is 71.0 Å². The molecule has 0 spiro atoms. The minimum absolute atomic E-state index is 0.103.